The second-order valence-corrected chi connectivity index (χ2v) is 6.45. The highest BCUT2D eigenvalue weighted by atomic mass is 16.2. The van der Waals surface area contributed by atoms with Gasteiger partial charge in [0.25, 0.3) is 0 Å². The zero-order valence-electron chi connectivity index (χ0n) is 14.7. The van der Waals surface area contributed by atoms with E-state index in [1.54, 1.807) is 17.0 Å². The van der Waals surface area contributed by atoms with Crippen LogP contribution in [0, 0.1) is 17.2 Å². The Hall–Kier alpha value is -3.13. The molecular weight excluding hydrogens is 326 g/mol. The van der Waals surface area contributed by atoms with E-state index in [4.69, 9.17) is 5.26 Å². The van der Waals surface area contributed by atoms with E-state index in [-0.39, 0.29) is 24.2 Å². The van der Waals surface area contributed by atoms with Crippen LogP contribution in [0.2, 0.25) is 0 Å². The molecule has 1 aliphatic heterocycles. The first-order chi connectivity index (χ1) is 12.6. The fourth-order valence-corrected chi connectivity index (χ4v) is 3.09. The molecule has 2 amide bonds. The zero-order valence-corrected chi connectivity index (χ0v) is 14.7. The van der Waals surface area contributed by atoms with Gasteiger partial charge in [-0.05, 0) is 41.8 Å². The first-order valence-corrected chi connectivity index (χ1v) is 8.76. The van der Waals surface area contributed by atoms with Gasteiger partial charge >= 0.3 is 0 Å². The van der Waals surface area contributed by atoms with E-state index in [0.29, 0.717) is 18.7 Å². The van der Waals surface area contributed by atoms with Crippen LogP contribution in [0.4, 0.5) is 11.4 Å². The van der Waals surface area contributed by atoms with Gasteiger partial charge in [-0.2, -0.15) is 5.26 Å². The molecule has 1 aliphatic rings. The van der Waals surface area contributed by atoms with Crippen LogP contribution in [-0.2, 0) is 22.4 Å². The first-order valence-electron chi connectivity index (χ1n) is 8.76. The van der Waals surface area contributed by atoms with Crippen molar-refractivity contribution in [1.82, 2.24) is 0 Å². The summed E-state index contributed by atoms with van der Waals surface area (Å²) in [6, 6.07) is 17.2. The molecule has 132 valence electrons. The van der Waals surface area contributed by atoms with Gasteiger partial charge in [0.15, 0.2) is 0 Å². The summed E-state index contributed by atoms with van der Waals surface area (Å²) in [5.74, 6) is -0.551. The van der Waals surface area contributed by atoms with Gasteiger partial charge in [0.1, 0.15) is 0 Å². The van der Waals surface area contributed by atoms with Gasteiger partial charge in [0, 0.05) is 24.3 Å². The molecule has 0 aromatic heterocycles. The number of nitrogens with one attached hydrogen (secondary N) is 1. The van der Waals surface area contributed by atoms with Gasteiger partial charge in [-0.15, -0.1) is 0 Å². The molecule has 1 fully saturated rings. The predicted octanol–water partition coefficient (Wildman–Crippen LogP) is 3.31. The lowest BCUT2D eigenvalue weighted by Gasteiger charge is -2.17. The van der Waals surface area contributed by atoms with Crippen LogP contribution in [0.25, 0.3) is 0 Å². The molecular formula is C21H21N3O2. The second-order valence-electron chi connectivity index (χ2n) is 6.45. The Bertz CT molecular complexity index is 835. The zero-order chi connectivity index (χ0) is 18.5. The van der Waals surface area contributed by atoms with E-state index in [9.17, 15) is 9.59 Å². The molecule has 3 rings (SSSR count). The van der Waals surface area contributed by atoms with Crippen molar-refractivity contribution in [2.75, 3.05) is 16.8 Å². The number of carbonyl (C=O) groups is 2. The molecule has 1 saturated heterocycles. The van der Waals surface area contributed by atoms with E-state index in [1.165, 1.54) is 5.56 Å². The van der Waals surface area contributed by atoms with E-state index in [1.807, 2.05) is 36.4 Å². The van der Waals surface area contributed by atoms with Gasteiger partial charge in [-0.3, -0.25) is 9.59 Å². The molecule has 5 nitrogen and oxygen atoms in total. The average Bonchev–Trinajstić information content (AvgIpc) is 3.05. The molecule has 2 aromatic carbocycles. The second kappa shape index (κ2) is 7.83. The van der Waals surface area contributed by atoms with Crippen molar-refractivity contribution < 1.29 is 9.59 Å². The summed E-state index contributed by atoms with van der Waals surface area (Å²) in [5, 5.41) is 11.6. The highest BCUT2D eigenvalue weighted by molar-refractivity contribution is 6.03. The quantitative estimate of drug-likeness (QED) is 0.902. The van der Waals surface area contributed by atoms with Gasteiger partial charge in [-0.1, -0.05) is 31.2 Å². The van der Waals surface area contributed by atoms with Crippen molar-refractivity contribution in [2.45, 2.75) is 26.2 Å². The van der Waals surface area contributed by atoms with Crippen LogP contribution in [0.3, 0.4) is 0 Å². The predicted molar refractivity (Wildman–Crippen MR) is 101 cm³/mol. The van der Waals surface area contributed by atoms with Crippen LogP contribution >= 0.6 is 0 Å². The smallest absolute Gasteiger partial charge is 0.229 e. The molecule has 0 bridgehead atoms. The molecule has 26 heavy (non-hydrogen) atoms. The number of nitriles is 1. The van der Waals surface area contributed by atoms with Crippen molar-refractivity contribution >= 4 is 23.2 Å². The largest absolute Gasteiger partial charge is 0.326 e. The standard InChI is InChI=1S/C21H21N3O2/c1-2-15-5-9-19(10-6-15)24-14-17(13-20(24)25)21(26)23-18-7-3-16(4-8-18)11-12-22/h3-10,17H,2,11,13-14H2,1H3,(H,23,26). The Morgan fingerprint density at radius 3 is 2.42 bits per heavy atom. The lowest BCUT2D eigenvalue weighted by molar-refractivity contribution is -0.122. The van der Waals surface area contributed by atoms with Gasteiger partial charge < -0.3 is 10.2 Å². The summed E-state index contributed by atoms with van der Waals surface area (Å²) in [6.07, 6.45) is 1.51. The normalized spacial score (nSPS) is 16.4. The number of rotatable bonds is 5. The minimum atomic E-state index is -0.368. The topological polar surface area (TPSA) is 73.2 Å². The summed E-state index contributed by atoms with van der Waals surface area (Å²) < 4.78 is 0. The Kier molecular flexibility index (Phi) is 5.33. The Morgan fingerprint density at radius 2 is 1.81 bits per heavy atom. The van der Waals surface area contributed by atoms with Crippen molar-refractivity contribution in [3.8, 4) is 6.07 Å². The van der Waals surface area contributed by atoms with Crippen molar-refractivity contribution in [3.63, 3.8) is 0 Å². The van der Waals surface area contributed by atoms with Crippen molar-refractivity contribution in [3.05, 3.63) is 59.7 Å². The molecule has 0 spiro atoms. The van der Waals surface area contributed by atoms with Crippen molar-refractivity contribution in [2.24, 2.45) is 5.92 Å². The Balaban J connectivity index is 1.63. The number of aryl methyl sites for hydroxylation is 1. The first kappa shape index (κ1) is 17.7. The summed E-state index contributed by atoms with van der Waals surface area (Å²) in [5.41, 5.74) is 3.64. The maximum atomic E-state index is 12.5. The molecule has 1 heterocycles. The number of benzene rings is 2. The van der Waals surface area contributed by atoms with Crippen LogP contribution < -0.4 is 10.2 Å². The van der Waals surface area contributed by atoms with Crippen LogP contribution in [0.5, 0.6) is 0 Å². The number of hydrogen-bond donors (Lipinski definition) is 1. The van der Waals surface area contributed by atoms with Crippen LogP contribution in [-0.4, -0.2) is 18.4 Å². The number of anilines is 2. The van der Waals surface area contributed by atoms with E-state index in [0.717, 1.165) is 17.7 Å². The molecule has 0 radical (unpaired) electrons. The van der Waals surface area contributed by atoms with Crippen LogP contribution in [0.1, 0.15) is 24.5 Å². The molecule has 0 aliphatic carbocycles. The molecule has 2 aromatic rings. The van der Waals surface area contributed by atoms with E-state index >= 15 is 0 Å². The number of amides is 2. The molecule has 0 saturated carbocycles. The molecule has 1 atom stereocenters. The summed E-state index contributed by atoms with van der Waals surface area (Å²) >= 11 is 0. The highest BCUT2D eigenvalue weighted by Gasteiger charge is 2.35. The maximum absolute atomic E-state index is 12.5. The third kappa shape index (κ3) is 3.92. The summed E-state index contributed by atoms with van der Waals surface area (Å²) in [4.78, 5) is 26.5. The summed E-state index contributed by atoms with van der Waals surface area (Å²) in [7, 11) is 0. The highest BCUT2D eigenvalue weighted by Crippen LogP contribution is 2.26. The lowest BCUT2D eigenvalue weighted by atomic mass is 10.1. The van der Waals surface area contributed by atoms with Crippen LogP contribution in [0.15, 0.2) is 48.5 Å². The lowest BCUT2D eigenvalue weighted by Crippen LogP contribution is -2.28. The third-order valence-electron chi connectivity index (χ3n) is 4.66. The SMILES string of the molecule is CCc1ccc(N2CC(C(=O)Nc3ccc(CC#N)cc3)CC2=O)cc1. The van der Waals surface area contributed by atoms with Crippen molar-refractivity contribution in [1.29, 1.82) is 5.26 Å². The van der Waals surface area contributed by atoms with E-state index < -0.39 is 0 Å². The number of carbonyl (C=O) groups excluding carboxylic acids is 2. The van der Waals surface area contributed by atoms with Gasteiger partial charge in [0.2, 0.25) is 11.8 Å². The molecule has 1 unspecified atom stereocenters. The molecule has 5 heteroatoms. The third-order valence-corrected chi connectivity index (χ3v) is 4.66. The minimum Gasteiger partial charge on any atom is -0.326 e. The number of nitrogens with zero attached hydrogens (tertiary/aromatic N) is 2. The van der Waals surface area contributed by atoms with E-state index in [2.05, 4.69) is 18.3 Å². The Morgan fingerprint density at radius 1 is 1.15 bits per heavy atom. The molecule has 1 N–H and O–H groups in total. The maximum Gasteiger partial charge on any atom is 0.229 e. The average molecular weight is 347 g/mol. The van der Waals surface area contributed by atoms with Gasteiger partial charge in [0.05, 0.1) is 18.4 Å². The number of hydrogen-bond acceptors (Lipinski definition) is 3. The Labute approximate surface area is 153 Å². The minimum absolute atomic E-state index is 0.0289. The van der Waals surface area contributed by atoms with Gasteiger partial charge in [-0.25, -0.2) is 0 Å². The fraction of sp³-hybridized carbons (Fsp3) is 0.286. The fourth-order valence-electron chi connectivity index (χ4n) is 3.09. The monoisotopic (exact) mass is 347 g/mol. The summed E-state index contributed by atoms with van der Waals surface area (Å²) in [6.45, 7) is 2.48.